The van der Waals surface area contributed by atoms with Gasteiger partial charge in [-0.1, -0.05) is 12.2 Å². The van der Waals surface area contributed by atoms with Gasteiger partial charge in [0, 0.05) is 18.3 Å². The highest BCUT2D eigenvalue weighted by atomic mass is 16.5. The molecule has 1 aromatic rings. The molecule has 1 aliphatic heterocycles. The van der Waals surface area contributed by atoms with E-state index < -0.39 is 0 Å². The van der Waals surface area contributed by atoms with Gasteiger partial charge in [-0.05, 0) is 30.3 Å². The minimum atomic E-state index is 0.512. The Balaban J connectivity index is 1.92. The van der Waals surface area contributed by atoms with E-state index in [1.54, 1.807) is 6.20 Å². The fourth-order valence-electron chi connectivity index (χ4n) is 1.36. The maximum absolute atomic E-state index is 5.60. The molecule has 0 aliphatic carbocycles. The van der Waals surface area contributed by atoms with Crippen LogP contribution in [-0.4, -0.2) is 12.3 Å². The molecule has 0 radical (unpaired) electrons. The van der Waals surface area contributed by atoms with Crippen molar-refractivity contribution in [3.05, 3.63) is 48.7 Å². The minimum Gasteiger partial charge on any atom is -0.488 e. The van der Waals surface area contributed by atoms with E-state index in [4.69, 9.17) is 10.5 Å². The molecule has 0 spiro atoms. The molecule has 0 bridgehead atoms. The van der Waals surface area contributed by atoms with Crippen LogP contribution in [0.25, 0.3) is 0 Å². The molecule has 0 atom stereocenters. The summed E-state index contributed by atoms with van der Waals surface area (Å²) in [5.74, 6) is 0.814. The Morgan fingerprint density at radius 3 is 2.81 bits per heavy atom. The second-order valence-corrected chi connectivity index (χ2v) is 3.53. The third-order valence-corrected chi connectivity index (χ3v) is 2.23. The van der Waals surface area contributed by atoms with Gasteiger partial charge in [0.1, 0.15) is 12.4 Å². The van der Waals surface area contributed by atoms with E-state index in [-0.39, 0.29) is 0 Å². The number of hydrogen-bond donors (Lipinski definition) is 1. The molecule has 1 aromatic carbocycles. The van der Waals surface area contributed by atoms with E-state index in [1.807, 2.05) is 36.4 Å². The maximum atomic E-state index is 5.60. The fraction of sp³-hybridized carbons (Fsp3) is 0.154. The molecule has 1 heterocycles. The molecule has 0 aromatic heterocycles. The van der Waals surface area contributed by atoms with Crippen molar-refractivity contribution < 1.29 is 4.74 Å². The van der Waals surface area contributed by atoms with Crippen LogP contribution in [0.4, 0.5) is 5.69 Å². The topological polar surface area (TPSA) is 47.6 Å². The first kappa shape index (κ1) is 10.5. The lowest BCUT2D eigenvalue weighted by Crippen LogP contribution is -2.10. The summed E-state index contributed by atoms with van der Waals surface area (Å²) in [6, 6.07) is 7.37. The molecule has 3 heteroatoms. The van der Waals surface area contributed by atoms with Gasteiger partial charge in [0.2, 0.25) is 0 Å². The number of anilines is 1. The molecule has 0 saturated heterocycles. The van der Waals surface area contributed by atoms with Crippen LogP contribution >= 0.6 is 0 Å². The molecule has 1 aliphatic rings. The van der Waals surface area contributed by atoms with Crippen LogP contribution in [0.5, 0.6) is 5.75 Å². The van der Waals surface area contributed by atoms with Gasteiger partial charge in [-0.3, -0.25) is 4.99 Å². The lowest BCUT2D eigenvalue weighted by atomic mass is 10.2. The molecule has 82 valence electrons. The van der Waals surface area contributed by atoms with Gasteiger partial charge < -0.3 is 10.5 Å². The highest BCUT2D eigenvalue weighted by Gasteiger charge is 2.00. The van der Waals surface area contributed by atoms with Crippen LogP contribution in [0.1, 0.15) is 6.42 Å². The lowest BCUT2D eigenvalue weighted by Gasteiger charge is -2.06. The van der Waals surface area contributed by atoms with Gasteiger partial charge in [-0.2, -0.15) is 0 Å². The van der Waals surface area contributed by atoms with Crippen molar-refractivity contribution in [1.82, 2.24) is 0 Å². The molecule has 0 unspecified atom stereocenters. The number of aliphatic imine (C=N–C) groups is 1. The average molecular weight is 214 g/mol. The van der Waals surface area contributed by atoms with E-state index in [9.17, 15) is 0 Å². The maximum Gasteiger partial charge on any atom is 0.127 e. The summed E-state index contributed by atoms with van der Waals surface area (Å²) in [4.78, 5) is 4.28. The SMILES string of the molecule is Nc1ccc(OCC2=NC=CC=CC2)cc1. The van der Waals surface area contributed by atoms with Crippen LogP contribution < -0.4 is 10.5 Å². The van der Waals surface area contributed by atoms with E-state index >= 15 is 0 Å². The second kappa shape index (κ2) is 5.16. The van der Waals surface area contributed by atoms with Crippen LogP contribution in [0.3, 0.4) is 0 Å². The number of nitrogens with zero attached hydrogens (tertiary/aromatic N) is 1. The number of nitrogens with two attached hydrogens (primary N) is 1. The summed E-state index contributed by atoms with van der Waals surface area (Å²) in [6.07, 6.45) is 8.58. The zero-order valence-electron chi connectivity index (χ0n) is 8.97. The predicted octanol–water partition coefficient (Wildman–Crippen LogP) is 2.56. The van der Waals surface area contributed by atoms with Crippen molar-refractivity contribution in [1.29, 1.82) is 0 Å². The Kier molecular flexibility index (Phi) is 3.38. The highest BCUT2D eigenvalue weighted by Crippen LogP contribution is 2.13. The molecular formula is C13H14N2O. The van der Waals surface area contributed by atoms with Gasteiger partial charge in [0.15, 0.2) is 0 Å². The predicted molar refractivity (Wildman–Crippen MR) is 66.7 cm³/mol. The average Bonchev–Trinajstić information content (AvgIpc) is 2.57. The molecule has 16 heavy (non-hydrogen) atoms. The van der Waals surface area contributed by atoms with E-state index in [2.05, 4.69) is 11.1 Å². The molecule has 2 N–H and O–H groups in total. The first-order valence-electron chi connectivity index (χ1n) is 5.20. The molecule has 0 amide bonds. The summed E-state index contributed by atoms with van der Waals surface area (Å²) in [6.45, 7) is 0.512. The quantitative estimate of drug-likeness (QED) is 0.786. The highest BCUT2D eigenvalue weighted by molar-refractivity contribution is 5.88. The molecule has 3 nitrogen and oxygen atoms in total. The minimum absolute atomic E-state index is 0.512. The van der Waals surface area contributed by atoms with Crippen LogP contribution in [0.2, 0.25) is 0 Å². The number of nitrogen functional groups attached to an aromatic ring is 1. The summed E-state index contributed by atoms with van der Waals surface area (Å²) >= 11 is 0. The summed E-state index contributed by atoms with van der Waals surface area (Å²) < 4.78 is 5.60. The first-order valence-corrected chi connectivity index (χ1v) is 5.20. The van der Waals surface area contributed by atoms with Crippen LogP contribution in [0, 0.1) is 0 Å². The third-order valence-electron chi connectivity index (χ3n) is 2.23. The monoisotopic (exact) mass is 214 g/mol. The smallest absolute Gasteiger partial charge is 0.127 e. The van der Waals surface area contributed by atoms with Gasteiger partial charge in [-0.25, -0.2) is 0 Å². The van der Waals surface area contributed by atoms with E-state index in [0.717, 1.165) is 23.6 Å². The normalized spacial score (nSPS) is 14.4. The van der Waals surface area contributed by atoms with Crippen LogP contribution in [0.15, 0.2) is 53.7 Å². The number of benzene rings is 1. The number of hydrogen-bond acceptors (Lipinski definition) is 3. The Labute approximate surface area is 94.9 Å². The zero-order valence-corrected chi connectivity index (χ0v) is 8.97. The summed E-state index contributed by atoms with van der Waals surface area (Å²) in [7, 11) is 0. The Hall–Kier alpha value is -2.03. The van der Waals surface area contributed by atoms with Crippen molar-refractivity contribution >= 4 is 11.4 Å². The Morgan fingerprint density at radius 1 is 1.19 bits per heavy atom. The molecule has 0 saturated carbocycles. The van der Waals surface area contributed by atoms with Gasteiger partial charge in [0.25, 0.3) is 0 Å². The van der Waals surface area contributed by atoms with Gasteiger partial charge in [0.05, 0.1) is 5.71 Å². The second-order valence-electron chi connectivity index (χ2n) is 3.53. The first-order chi connectivity index (χ1) is 7.84. The fourth-order valence-corrected chi connectivity index (χ4v) is 1.36. The summed E-state index contributed by atoms with van der Waals surface area (Å²) in [5, 5.41) is 0. The Morgan fingerprint density at radius 2 is 2.00 bits per heavy atom. The molecule has 0 fully saturated rings. The van der Waals surface area contributed by atoms with Crippen LogP contribution in [-0.2, 0) is 0 Å². The van der Waals surface area contributed by atoms with E-state index in [0.29, 0.717) is 6.61 Å². The number of rotatable bonds is 3. The van der Waals surface area contributed by atoms with Crippen molar-refractivity contribution in [2.24, 2.45) is 4.99 Å². The van der Waals surface area contributed by atoms with Crippen molar-refractivity contribution in [2.75, 3.05) is 12.3 Å². The number of allylic oxidation sites excluding steroid dienone is 3. The number of ether oxygens (including phenoxy) is 1. The van der Waals surface area contributed by atoms with E-state index in [1.165, 1.54) is 0 Å². The standard InChI is InChI=1S/C13H14N2O/c14-11-5-7-13(8-6-11)16-10-12-4-2-1-3-9-15-12/h1-3,5-9H,4,10,14H2. The van der Waals surface area contributed by atoms with Crippen molar-refractivity contribution in [3.8, 4) is 5.75 Å². The van der Waals surface area contributed by atoms with Gasteiger partial charge in [-0.15, -0.1) is 0 Å². The Bertz CT molecular complexity index is 430. The van der Waals surface area contributed by atoms with Crippen molar-refractivity contribution in [3.63, 3.8) is 0 Å². The largest absolute Gasteiger partial charge is 0.488 e. The molecular weight excluding hydrogens is 200 g/mol. The third kappa shape index (κ3) is 2.98. The van der Waals surface area contributed by atoms with Gasteiger partial charge >= 0.3 is 0 Å². The summed E-state index contributed by atoms with van der Waals surface area (Å²) in [5.41, 5.74) is 7.35. The molecule has 2 rings (SSSR count). The van der Waals surface area contributed by atoms with Crippen molar-refractivity contribution in [2.45, 2.75) is 6.42 Å². The lowest BCUT2D eigenvalue weighted by molar-refractivity contribution is 0.375. The zero-order chi connectivity index (χ0) is 11.2.